The van der Waals surface area contributed by atoms with Crippen LogP contribution in [0.1, 0.15) is 12.0 Å². The zero-order chi connectivity index (χ0) is 10.9. The molecule has 0 fully saturated rings. The van der Waals surface area contributed by atoms with Gasteiger partial charge in [0.05, 0.1) is 6.61 Å². The summed E-state index contributed by atoms with van der Waals surface area (Å²) in [4.78, 5) is 4.24. The molecule has 0 saturated carbocycles. The zero-order valence-corrected chi connectivity index (χ0v) is 9.76. The summed E-state index contributed by atoms with van der Waals surface area (Å²) in [5.41, 5.74) is 1.17. The molecule has 1 N–H and O–H groups in total. The van der Waals surface area contributed by atoms with Crippen LogP contribution in [-0.4, -0.2) is 30.6 Å². The van der Waals surface area contributed by atoms with E-state index >= 15 is 0 Å². The van der Waals surface area contributed by atoms with E-state index in [1.807, 2.05) is 25.3 Å². The van der Waals surface area contributed by atoms with Gasteiger partial charge < -0.3 is 10.1 Å². The van der Waals surface area contributed by atoms with Crippen LogP contribution in [0.4, 0.5) is 5.82 Å². The maximum Gasteiger partial charge on any atom is 0.125 e. The molecular formula is C11H17ClN2O. The van der Waals surface area contributed by atoms with E-state index in [-0.39, 0.29) is 0 Å². The number of aromatic nitrogens is 1. The van der Waals surface area contributed by atoms with E-state index < -0.39 is 0 Å². The van der Waals surface area contributed by atoms with Crippen LogP contribution in [0.25, 0.3) is 0 Å². The highest BCUT2D eigenvalue weighted by atomic mass is 35.5. The van der Waals surface area contributed by atoms with Crippen molar-refractivity contribution in [3.05, 3.63) is 23.9 Å². The maximum atomic E-state index is 5.47. The Morgan fingerprint density at radius 3 is 2.93 bits per heavy atom. The number of aryl methyl sites for hydroxylation is 1. The lowest BCUT2D eigenvalue weighted by Gasteiger charge is -2.05. The van der Waals surface area contributed by atoms with Crippen LogP contribution in [0, 0.1) is 6.92 Å². The Bertz CT molecular complexity index is 264. The minimum Gasteiger partial charge on any atom is -0.380 e. The summed E-state index contributed by atoms with van der Waals surface area (Å²) in [6, 6.07) is 4.02. The summed E-state index contributed by atoms with van der Waals surface area (Å²) in [6.45, 7) is 4.27. The molecule has 0 aromatic carbocycles. The van der Waals surface area contributed by atoms with Crippen molar-refractivity contribution in [2.75, 3.05) is 31.0 Å². The van der Waals surface area contributed by atoms with Gasteiger partial charge in [0.2, 0.25) is 0 Å². The average Bonchev–Trinajstić information content (AvgIpc) is 2.26. The van der Waals surface area contributed by atoms with Gasteiger partial charge in [-0.15, -0.1) is 11.6 Å². The molecule has 0 unspecified atom stereocenters. The molecular weight excluding hydrogens is 212 g/mol. The molecule has 84 valence electrons. The number of ether oxygens (including phenoxy) is 1. The number of anilines is 1. The predicted octanol–water partition coefficient (Wildman–Crippen LogP) is 2.45. The monoisotopic (exact) mass is 228 g/mol. The van der Waals surface area contributed by atoms with Gasteiger partial charge in [0.25, 0.3) is 0 Å². The summed E-state index contributed by atoms with van der Waals surface area (Å²) < 4.78 is 5.25. The molecule has 3 nitrogen and oxygen atoms in total. The highest BCUT2D eigenvalue weighted by molar-refractivity contribution is 6.17. The second-order valence-electron chi connectivity index (χ2n) is 3.30. The molecule has 0 spiro atoms. The lowest BCUT2D eigenvalue weighted by atomic mass is 10.3. The molecule has 1 aromatic heterocycles. The van der Waals surface area contributed by atoms with Crippen molar-refractivity contribution in [3.8, 4) is 0 Å². The predicted molar refractivity (Wildman–Crippen MR) is 63.6 cm³/mol. The molecule has 0 aliphatic heterocycles. The van der Waals surface area contributed by atoms with Crippen LogP contribution in [0.5, 0.6) is 0 Å². The van der Waals surface area contributed by atoms with Gasteiger partial charge in [0.15, 0.2) is 0 Å². The SMILES string of the molecule is Cc1ccc(NCCCOCCCl)nc1. The van der Waals surface area contributed by atoms with Crippen LogP contribution < -0.4 is 5.32 Å². The largest absolute Gasteiger partial charge is 0.380 e. The van der Waals surface area contributed by atoms with Crippen LogP contribution in [0.15, 0.2) is 18.3 Å². The normalized spacial score (nSPS) is 10.3. The van der Waals surface area contributed by atoms with Gasteiger partial charge in [0.1, 0.15) is 5.82 Å². The topological polar surface area (TPSA) is 34.1 Å². The van der Waals surface area contributed by atoms with E-state index in [0.29, 0.717) is 12.5 Å². The molecule has 1 aromatic rings. The van der Waals surface area contributed by atoms with Gasteiger partial charge >= 0.3 is 0 Å². The number of rotatable bonds is 7. The Labute approximate surface area is 95.8 Å². The molecule has 1 rings (SSSR count). The minimum atomic E-state index is 0.562. The first-order valence-electron chi connectivity index (χ1n) is 5.13. The third-order valence-electron chi connectivity index (χ3n) is 1.90. The lowest BCUT2D eigenvalue weighted by molar-refractivity contribution is 0.149. The fourth-order valence-corrected chi connectivity index (χ4v) is 1.23. The Kier molecular flexibility index (Phi) is 6.12. The van der Waals surface area contributed by atoms with E-state index in [0.717, 1.165) is 25.4 Å². The third kappa shape index (κ3) is 5.60. The number of nitrogens with zero attached hydrogens (tertiary/aromatic N) is 1. The van der Waals surface area contributed by atoms with Crippen molar-refractivity contribution in [2.24, 2.45) is 0 Å². The summed E-state index contributed by atoms with van der Waals surface area (Å²) in [5.74, 6) is 1.48. The van der Waals surface area contributed by atoms with Gasteiger partial charge in [-0.1, -0.05) is 6.07 Å². The van der Waals surface area contributed by atoms with Crippen molar-refractivity contribution in [3.63, 3.8) is 0 Å². The minimum absolute atomic E-state index is 0.562. The van der Waals surface area contributed by atoms with Crippen LogP contribution >= 0.6 is 11.6 Å². The summed E-state index contributed by atoms with van der Waals surface area (Å²) in [5, 5.41) is 3.22. The van der Waals surface area contributed by atoms with Crippen LogP contribution in [0.3, 0.4) is 0 Å². The summed E-state index contributed by atoms with van der Waals surface area (Å²) in [6.07, 6.45) is 2.82. The molecule has 0 aliphatic rings. The number of alkyl halides is 1. The fraction of sp³-hybridized carbons (Fsp3) is 0.545. The van der Waals surface area contributed by atoms with Crippen molar-refractivity contribution >= 4 is 17.4 Å². The Balaban J connectivity index is 2.07. The average molecular weight is 229 g/mol. The second-order valence-corrected chi connectivity index (χ2v) is 3.68. The smallest absolute Gasteiger partial charge is 0.125 e. The highest BCUT2D eigenvalue weighted by Gasteiger charge is 1.92. The van der Waals surface area contributed by atoms with Crippen LogP contribution in [-0.2, 0) is 4.74 Å². The van der Waals surface area contributed by atoms with E-state index in [1.54, 1.807) is 0 Å². The molecule has 0 amide bonds. The Morgan fingerprint density at radius 1 is 1.40 bits per heavy atom. The number of hydrogen-bond donors (Lipinski definition) is 1. The van der Waals surface area contributed by atoms with Crippen molar-refractivity contribution in [2.45, 2.75) is 13.3 Å². The van der Waals surface area contributed by atoms with Crippen molar-refractivity contribution < 1.29 is 4.74 Å². The molecule has 1 heterocycles. The lowest BCUT2D eigenvalue weighted by Crippen LogP contribution is -2.07. The van der Waals surface area contributed by atoms with Gasteiger partial charge in [-0.05, 0) is 25.0 Å². The van der Waals surface area contributed by atoms with Crippen molar-refractivity contribution in [1.82, 2.24) is 4.98 Å². The number of hydrogen-bond acceptors (Lipinski definition) is 3. The zero-order valence-electron chi connectivity index (χ0n) is 9.00. The van der Waals surface area contributed by atoms with Gasteiger partial charge in [-0.25, -0.2) is 4.98 Å². The first kappa shape index (κ1) is 12.3. The van der Waals surface area contributed by atoms with E-state index in [1.165, 1.54) is 5.56 Å². The second kappa shape index (κ2) is 7.49. The quantitative estimate of drug-likeness (QED) is 0.575. The van der Waals surface area contributed by atoms with Gasteiger partial charge in [-0.3, -0.25) is 0 Å². The van der Waals surface area contributed by atoms with Crippen molar-refractivity contribution in [1.29, 1.82) is 0 Å². The third-order valence-corrected chi connectivity index (χ3v) is 2.06. The van der Waals surface area contributed by atoms with E-state index in [9.17, 15) is 0 Å². The summed E-state index contributed by atoms with van der Waals surface area (Å²) >= 11 is 5.47. The highest BCUT2D eigenvalue weighted by Crippen LogP contribution is 2.03. The number of pyridine rings is 1. The molecule has 0 saturated heterocycles. The molecule has 0 bridgehead atoms. The molecule has 15 heavy (non-hydrogen) atoms. The first-order chi connectivity index (χ1) is 7.33. The van der Waals surface area contributed by atoms with E-state index in [2.05, 4.69) is 10.3 Å². The molecule has 0 radical (unpaired) electrons. The molecule has 0 atom stereocenters. The maximum absolute atomic E-state index is 5.47. The van der Waals surface area contributed by atoms with Crippen LogP contribution in [0.2, 0.25) is 0 Å². The van der Waals surface area contributed by atoms with Gasteiger partial charge in [-0.2, -0.15) is 0 Å². The first-order valence-corrected chi connectivity index (χ1v) is 5.66. The molecule has 4 heteroatoms. The van der Waals surface area contributed by atoms with E-state index in [4.69, 9.17) is 16.3 Å². The Hall–Kier alpha value is -0.800. The fourth-order valence-electron chi connectivity index (χ4n) is 1.12. The molecule has 0 aliphatic carbocycles. The summed E-state index contributed by atoms with van der Waals surface area (Å²) in [7, 11) is 0. The number of nitrogens with one attached hydrogen (secondary N) is 1. The number of halogens is 1. The Morgan fingerprint density at radius 2 is 2.27 bits per heavy atom. The van der Waals surface area contributed by atoms with Gasteiger partial charge in [0, 0.05) is 25.2 Å². The standard InChI is InChI=1S/C11H17ClN2O/c1-10-3-4-11(14-9-10)13-6-2-7-15-8-5-12/h3-4,9H,2,5-8H2,1H3,(H,13,14).